The molecule has 2 aromatic carbocycles. The molecule has 1 aromatic heterocycles. The van der Waals surface area contributed by atoms with Crippen molar-refractivity contribution in [3.63, 3.8) is 0 Å². The van der Waals surface area contributed by atoms with Gasteiger partial charge in [-0.2, -0.15) is 0 Å². The number of para-hydroxylation sites is 2. The Morgan fingerprint density at radius 2 is 1.92 bits per heavy atom. The minimum atomic E-state index is -0.247. The van der Waals surface area contributed by atoms with Crippen molar-refractivity contribution in [2.45, 2.75) is 32.4 Å². The average Bonchev–Trinajstić information content (AvgIpc) is 3.14. The number of benzene rings is 2. The molecule has 1 fully saturated rings. The van der Waals surface area contributed by atoms with Crippen LogP contribution in [0.3, 0.4) is 0 Å². The number of amides is 1. The number of aromatic nitrogens is 2. The number of hydrogen-bond acceptors (Lipinski definition) is 3. The van der Waals surface area contributed by atoms with Crippen molar-refractivity contribution in [1.82, 2.24) is 14.5 Å². The molecule has 1 amide bonds. The first-order valence-corrected chi connectivity index (χ1v) is 8.94. The summed E-state index contributed by atoms with van der Waals surface area (Å²) < 4.78 is 1.52. The third kappa shape index (κ3) is 3.01. The maximum Gasteiger partial charge on any atom is 0.269 e. The summed E-state index contributed by atoms with van der Waals surface area (Å²) in [5, 5.41) is 0. The molecule has 3 aromatic rings. The summed E-state index contributed by atoms with van der Waals surface area (Å²) >= 11 is 0. The van der Waals surface area contributed by atoms with E-state index in [1.807, 2.05) is 29.2 Å². The standard InChI is InChI=1S/C21H21N3O2/c1-15-8-10-16(11-9-15)18-7-4-12-23(18)21(26)14-24-19-6-3-2-5-17(19)22-13-20(24)25/h2-3,5-6,8-11,13,18H,4,7,12,14H2,1H3. The Kier molecular flexibility index (Phi) is 4.29. The maximum absolute atomic E-state index is 13.0. The highest BCUT2D eigenvalue weighted by Crippen LogP contribution is 2.32. The molecule has 0 aliphatic carbocycles. The fraction of sp³-hybridized carbons (Fsp3) is 0.286. The van der Waals surface area contributed by atoms with Gasteiger partial charge in [0, 0.05) is 6.54 Å². The summed E-state index contributed by atoms with van der Waals surface area (Å²) in [5.41, 5.74) is 3.53. The van der Waals surface area contributed by atoms with Crippen LogP contribution in [-0.4, -0.2) is 26.9 Å². The molecule has 0 saturated carbocycles. The molecule has 5 heteroatoms. The second-order valence-electron chi connectivity index (χ2n) is 6.83. The van der Waals surface area contributed by atoms with E-state index in [-0.39, 0.29) is 24.1 Å². The number of rotatable bonds is 3. The number of likely N-dealkylation sites (tertiary alicyclic amines) is 1. The van der Waals surface area contributed by atoms with Crippen LogP contribution in [0.5, 0.6) is 0 Å². The number of carbonyl (C=O) groups is 1. The van der Waals surface area contributed by atoms with E-state index >= 15 is 0 Å². The second kappa shape index (κ2) is 6.75. The lowest BCUT2D eigenvalue weighted by atomic mass is 10.0. The van der Waals surface area contributed by atoms with E-state index in [1.54, 1.807) is 0 Å². The number of carbonyl (C=O) groups excluding carboxylic acids is 1. The van der Waals surface area contributed by atoms with Crippen molar-refractivity contribution >= 4 is 16.9 Å². The molecule has 0 N–H and O–H groups in total. The summed E-state index contributed by atoms with van der Waals surface area (Å²) in [5.74, 6) is -0.0217. The summed E-state index contributed by atoms with van der Waals surface area (Å²) in [4.78, 5) is 31.4. The highest BCUT2D eigenvalue weighted by atomic mass is 16.2. The van der Waals surface area contributed by atoms with Gasteiger partial charge in [-0.25, -0.2) is 4.98 Å². The van der Waals surface area contributed by atoms with E-state index in [9.17, 15) is 9.59 Å². The normalized spacial score (nSPS) is 17.0. The van der Waals surface area contributed by atoms with Crippen LogP contribution in [0.15, 0.2) is 59.5 Å². The third-order valence-electron chi connectivity index (χ3n) is 5.08. The zero-order valence-electron chi connectivity index (χ0n) is 14.8. The van der Waals surface area contributed by atoms with Crippen LogP contribution in [0.4, 0.5) is 0 Å². The summed E-state index contributed by atoms with van der Waals surface area (Å²) in [6.07, 6.45) is 3.23. The fourth-order valence-corrected chi connectivity index (χ4v) is 3.70. The lowest BCUT2D eigenvalue weighted by Crippen LogP contribution is -2.36. The Morgan fingerprint density at radius 1 is 1.15 bits per heavy atom. The molecule has 4 rings (SSSR count). The molecule has 5 nitrogen and oxygen atoms in total. The van der Waals surface area contributed by atoms with Crippen LogP contribution in [0.25, 0.3) is 11.0 Å². The number of nitrogens with zero attached hydrogens (tertiary/aromatic N) is 3. The molecule has 1 unspecified atom stereocenters. The molecule has 0 radical (unpaired) electrons. The van der Waals surface area contributed by atoms with Gasteiger partial charge in [-0.3, -0.25) is 14.2 Å². The minimum Gasteiger partial charge on any atom is -0.334 e. The molecule has 1 saturated heterocycles. The Labute approximate surface area is 151 Å². The summed E-state index contributed by atoms with van der Waals surface area (Å²) in [6.45, 7) is 2.84. The van der Waals surface area contributed by atoms with Gasteiger partial charge in [0.1, 0.15) is 6.54 Å². The molecule has 1 aliphatic heterocycles. The monoisotopic (exact) mass is 347 g/mol. The molecule has 0 spiro atoms. The van der Waals surface area contributed by atoms with Gasteiger partial charge in [-0.1, -0.05) is 42.0 Å². The zero-order valence-corrected chi connectivity index (χ0v) is 14.8. The van der Waals surface area contributed by atoms with Crippen LogP contribution < -0.4 is 5.56 Å². The topological polar surface area (TPSA) is 55.2 Å². The Bertz CT molecular complexity index is 1010. The summed E-state index contributed by atoms with van der Waals surface area (Å²) in [7, 11) is 0. The Morgan fingerprint density at radius 3 is 2.73 bits per heavy atom. The average molecular weight is 347 g/mol. The number of hydrogen-bond donors (Lipinski definition) is 0. The largest absolute Gasteiger partial charge is 0.334 e. The SMILES string of the molecule is Cc1ccc(C2CCCN2C(=O)Cn2c(=O)cnc3ccccc32)cc1. The highest BCUT2D eigenvalue weighted by Gasteiger charge is 2.30. The Hall–Kier alpha value is -2.95. The minimum absolute atomic E-state index is 0.0217. The van der Waals surface area contributed by atoms with Crippen LogP contribution >= 0.6 is 0 Å². The zero-order chi connectivity index (χ0) is 18.1. The van der Waals surface area contributed by atoms with Crippen molar-refractivity contribution in [3.8, 4) is 0 Å². The predicted octanol–water partition coefficient (Wildman–Crippen LogP) is 3.07. The highest BCUT2D eigenvalue weighted by molar-refractivity contribution is 5.80. The quantitative estimate of drug-likeness (QED) is 0.732. The van der Waals surface area contributed by atoms with Gasteiger partial charge in [0.2, 0.25) is 5.91 Å². The molecular weight excluding hydrogens is 326 g/mol. The summed E-state index contributed by atoms with van der Waals surface area (Å²) in [6, 6.07) is 15.9. The second-order valence-corrected chi connectivity index (χ2v) is 6.83. The van der Waals surface area contributed by atoms with E-state index in [1.165, 1.54) is 16.3 Å². The van der Waals surface area contributed by atoms with Crippen molar-refractivity contribution in [2.75, 3.05) is 6.54 Å². The van der Waals surface area contributed by atoms with Crippen LogP contribution in [0, 0.1) is 6.92 Å². The van der Waals surface area contributed by atoms with E-state index in [0.717, 1.165) is 30.5 Å². The van der Waals surface area contributed by atoms with Gasteiger partial charge in [0.25, 0.3) is 5.56 Å². The molecule has 0 bridgehead atoms. The van der Waals surface area contributed by atoms with Crippen molar-refractivity contribution in [3.05, 3.63) is 76.2 Å². The van der Waals surface area contributed by atoms with Crippen LogP contribution in [0.2, 0.25) is 0 Å². The third-order valence-corrected chi connectivity index (χ3v) is 5.08. The Balaban J connectivity index is 1.63. The van der Waals surface area contributed by atoms with Crippen molar-refractivity contribution in [1.29, 1.82) is 0 Å². The molecular formula is C21H21N3O2. The lowest BCUT2D eigenvalue weighted by Gasteiger charge is -2.26. The van der Waals surface area contributed by atoms with Gasteiger partial charge in [-0.05, 0) is 37.5 Å². The van der Waals surface area contributed by atoms with Crippen LogP contribution in [0.1, 0.15) is 30.0 Å². The van der Waals surface area contributed by atoms with Gasteiger partial charge >= 0.3 is 0 Å². The van der Waals surface area contributed by atoms with E-state index < -0.39 is 0 Å². The van der Waals surface area contributed by atoms with Gasteiger partial charge in [-0.15, -0.1) is 0 Å². The van der Waals surface area contributed by atoms with Gasteiger partial charge in [0.15, 0.2) is 0 Å². The smallest absolute Gasteiger partial charge is 0.269 e. The number of fused-ring (bicyclic) bond motifs is 1. The van der Waals surface area contributed by atoms with E-state index in [4.69, 9.17) is 0 Å². The van der Waals surface area contributed by atoms with Gasteiger partial charge in [0.05, 0.1) is 23.3 Å². The van der Waals surface area contributed by atoms with Crippen molar-refractivity contribution < 1.29 is 4.79 Å². The molecule has 26 heavy (non-hydrogen) atoms. The molecule has 1 atom stereocenters. The molecule has 2 heterocycles. The lowest BCUT2D eigenvalue weighted by molar-refractivity contribution is -0.132. The molecule has 1 aliphatic rings. The first kappa shape index (κ1) is 16.5. The van der Waals surface area contributed by atoms with E-state index in [2.05, 4.69) is 36.2 Å². The fourth-order valence-electron chi connectivity index (χ4n) is 3.70. The number of aryl methyl sites for hydroxylation is 1. The van der Waals surface area contributed by atoms with Crippen molar-refractivity contribution in [2.24, 2.45) is 0 Å². The maximum atomic E-state index is 13.0. The first-order chi connectivity index (χ1) is 12.6. The predicted molar refractivity (Wildman–Crippen MR) is 101 cm³/mol. The van der Waals surface area contributed by atoms with E-state index in [0.29, 0.717) is 5.52 Å². The molecule has 132 valence electrons. The van der Waals surface area contributed by atoms with Gasteiger partial charge < -0.3 is 4.90 Å². The first-order valence-electron chi connectivity index (χ1n) is 8.94. The van der Waals surface area contributed by atoms with Crippen LogP contribution in [-0.2, 0) is 11.3 Å².